The summed E-state index contributed by atoms with van der Waals surface area (Å²) < 4.78 is 20.3. The number of likely N-dealkylation sites (tertiary alicyclic amines) is 1. The highest BCUT2D eigenvalue weighted by Gasteiger charge is 2.22. The third-order valence-electron chi connectivity index (χ3n) is 7.90. The van der Waals surface area contributed by atoms with E-state index in [0.29, 0.717) is 48.9 Å². The predicted octanol–water partition coefficient (Wildman–Crippen LogP) is 6.06. The zero-order chi connectivity index (χ0) is 27.1. The van der Waals surface area contributed by atoms with Crippen molar-refractivity contribution in [2.24, 2.45) is 0 Å². The first-order valence-corrected chi connectivity index (χ1v) is 14.7. The van der Waals surface area contributed by atoms with Crippen LogP contribution in [0.3, 0.4) is 0 Å². The summed E-state index contributed by atoms with van der Waals surface area (Å²) in [5, 5.41) is 2.62. The van der Waals surface area contributed by atoms with E-state index in [1.54, 1.807) is 17.4 Å². The summed E-state index contributed by atoms with van der Waals surface area (Å²) in [6.07, 6.45) is 3.28. The minimum absolute atomic E-state index is 0.0185. The van der Waals surface area contributed by atoms with Crippen molar-refractivity contribution in [3.05, 3.63) is 70.9 Å². The molecule has 4 heterocycles. The quantitative estimate of drug-likeness (QED) is 0.263. The normalized spacial score (nSPS) is 16.2. The van der Waals surface area contributed by atoms with Crippen molar-refractivity contribution in [3.63, 3.8) is 0 Å². The Morgan fingerprint density at radius 1 is 0.875 bits per heavy atom. The molecule has 0 spiro atoms. The topological polar surface area (TPSA) is 72.2 Å². The molecule has 0 saturated carbocycles. The number of hydrogen-bond donors (Lipinski definition) is 0. The van der Waals surface area contributed by atoms with Gasteiger partial charge in [0.15, 0.2) is 17.9 Å². The van der Waals surface area contributed by atoms with E-state index in [1.165, 1.54) is 6.42 Å². The van der Waals surface area contributed by atoms with E-state index in [2.05, 4.69) is 17.0 Å². The molecule has 3 aromatic carbocycles. The van der Waals surface area contributed by atoms with E-state index < -0.39 is 0 Å². The molecule has 0 bridgehead atoms. The van der Waals surface area contributed by atoms with Crippen molar-refractivity contribution in [3.8, 4) is 16.9 Å². The molecular formula is C32H30N2O5S. The molecular weight excluding hydrogens is 524 g/mol. The monoisotopic (exact) mass is 554 g/mol. The summed E-state index contributed by atoms with van der Waals surface area (Å²) >= 11 is 1.68. The Morgan fingerprint density at radius 2 is 1.68 bits per heavy atom. The molecule has 2 fully saturated rings. The molecule has 5 aromatic rings. The van der Waals surface area contributed by atoms with Crippen LogP contribution in [0.15, 0.2) is 69.9 Å². The molecule has 0 N–H and O–H groups in total. The SMILES string of the molecule is O=C(COc1ccc(-c2cccc3c(=O)cc(N4CCOCC4)oc23)c2sc3ccccc3c12)N1CCCCC1. The van der Waals surface area contributed by atoms with Crippen LogP contribution >= 0.6 is 11.3 Å². The molecule has 1 amide bonds. The summed E-state index contributed by atoms with van der Waals surface area (Å²) in [7, 11) is 0. The van der Waals surface area contributed by atoms with Gasteiger partial charge in [0.2, 0.25) is 0 Å². The van der Waals surface area contributed by atoms with E-state index in [9.17, 15) is 9.59 Å². The summed E-state index contributed by atoms with van der Waals surface area (Å²) in [6, 6.07) is 19.5. The van der Waals surface area contributed by atoms with Gasteiger partial charge < -0.3 is 23.7 Å². The van der Waals surface area contributed by atoms with Crippen molar-refractivity contribution in [2.75, 3.05) is 50.9 Å². The average molecular weight is 555 g/mol. The van der Waals surface area contributed by atoms with Crippen molar-refractivity contribution < 1.29 is 18.7 Å². The number of anilines is 1. The maximum Gasteiger partial charge on any atom is 0.260 e. The highest BCUT2D eigenvalue weighted by molar-refractivity contribution is 7.26. The number of morpholine rings is 1. The van der Waals surface area contributed by atoms with Gasteiger partial charge in [-0.25, -0.2) is 0 Å². The van der Waals surface area contributed by atoms with Gasteiger partial charge in [-0.1, -0.05) is 30.3 Å². The summed E-state index contributed by atoms with van der Waals surface area (Å²) in [4.78, 5) is 30.1. The molecule has 0 unspecified atom stereocenters. The van der Waals surface area contributed by atoms with E-state index in [0.717, 1.165) is 57.2 Å². The number of carbonyl (C=O) groups is 1. The second-order valence-corrected chi connectivity index (χ2v) is 11.4. The van der Waals surface area contributed by atoms with E-state index in [4.69, 9.17) is 13.9 Å². The smallest absolute Gasteiger partial charge is 0.260 e. The van der Waals surface area contributed by atoms with E-state index in [1.807, 2.05) is 47.4 Å². The molecule has 2 aliphatic heterocycles. The van der Waals surface area contributed by atoms with Crippen LogP contribution in [0.1, 0.15) is 19.3 Å². The highest BCUT2D eigenvalue weighted by Crippen LogP contribution is 2.45. The number of thiophene rings is 1. The summed E-state index contributed by atoms with van der Waals surface area (Å²) in [5.74, 6) is 1.29. The van der Waals surface area contributed by atoms with Crippen LogP contribution in [0, 0.1) is 0 Å². The molecule has 8 heteroatoms. The van der Waals surface area contributed by atoms with Gasteiger partial charge in [-0.3, -0.25) is 9.59 Å². The van der Waals surface area contributed by atoms with Gasteiger partial charge in [0.25, 0.3) is 5.91 Å². The van der Waals surface area contributed by atoms with Crippen LogP contribution in [-0.2, 0) is 9.53 Å². The second kappa shape index (κ2) is 10.6. The number of piperidine rings is 1. The number of fused-ring (bicyclic) bond motifs is 4. The molecule has 0 aliphatic carbocycles. The molecule has 0 radical (unpaired) electrons. The van der Waals surface area contributed by atoms with Crippen molar-refractivity contribution in [1.29, 1.82) is 0 Å². The lowest BCUT2D eigenvalue weighted by molar-refractivity contribution is -0.134. The van der Waals surface area contributed by atoms with Gasteiger partial charge in [0, 0.05) is 63.5 Å². The molecule has 0 atom stereocenters. The van der Waals surface area contributed by atoms with Crippen LogP contribution in [0.2, 0.25) is 0 Å². The maximum atomic E-state index is 13.2. The third kappa shape index (κ3) is 4.51. The molecule has 2 aromatic heterocycles. The van der Waals surface area contributed by atoms with Crippen LogP contribution in [0.4, 0.5) is 5.88 Å². The largest absolute Gasteiger partial charge is 0.483 e. The van der Waals surface area contributed by atoms with Crippen LogP contribution in [-0.4, -0.2) is 56.8 Å². The minimum Gasteiger partial charge on any atom is -0.483 e. The fourth-order valence-electron chi connectivity index (χ4n) is 5.82. The summed E-state index contributed by atoms with van der Waals surface area (Å²) in [5.41, 5.74) is 2.34. The lowest BCUT2D eigenvalue weighted by Crippen LogP contribution is -2.38. The molecule has 2 aliphatic rings. The van der Waals surface area contributed by atoms with Gasteiger partial charge in [-0.05, 0) is 43.5 Å². The Labute approximate surface area is 235 Å². The molecule has 7 nitrogen and oxygen atoms in total. The second-order valence-electron chi connectivity index (χ2n) is 10.4. The molecule has 40 heavy (non-hydrogen) atoms. The van der Waals surface area contributed by atoms with Gasteiger partial charge in [-0.2, -0.15) is 0 Å². The van der Waals surface area contributed by atoms with Crippen LogP contribution < -0.4 is 15.1 Å². The van der Waals surface area contributed by atoms with Crippen LogP contribution in [0.25, 0.3) is 42.3 Å². The highest BCUT2D eigenvalue weighted by atomic mass is 32.1. The number of nitrogens with zero attached hydrogens (tertiary/aromatic N) is 2. The number of carbonyl (C=O) groups excluding carboxylic acids is 1. The summed E-state index contributed by atoms with van der Waals surface area (Å²) in [6.45, 7) is 4.19. The number of para-hydroxylation sites is 1. The maximum absolute atomic E-state index is 13.2. The molecule has 7 rings (SSSR count). The zero-order valence-corrected chi connectivity index (χ0v) is 23.0. The van der Waals surface area contributed by atoms with Crippen molar-refractivity contribution in [2.45, 2.75) is 19.3 Å². The first-order chi connectivity index (χ1) is 19.7. The number of hydrogen-bond acceptors (Lipinski definition) is 7. The van der Waals surface area contributed by atoms with Gasteiger partial charge in [0.05, 0.1) is 18.6 Å². The van der Waals surface area contributed by atoms with Crippen LogP contribution in [0.5, 0.6) is 5.75 Å². The van der Waals surface area contributed by atoms with Crippen molar-refractivity contribution >= 4 is 54.3 Å². The van der Waals surface area contributed by atoms with E-state index >= 15 is 0 Å². The lowest BCUT2D eigenvalue weighted by Gasteiger charge is -2.27. The minimum atomic E-state index is -0.0617. The first-order valence-electron chi connectivity index (χ1n) is 13.9. The van der Waals surface area contributed by atoms with Crippen molar-refractivity contribution in [1.82, 2.24) is 4.90 Å². The Balaban J connectivity index is 1.34. The fraction of sp³-hybridized carbons (Fsp3) is 0.312. The van der Waals surface area contributed by atoms with E-state index in [-0.39, 0.29) is 17.9 Å². The number of rotatable bonds is 5. The lowest BCUT2D eigenvalue weighted by atomic mass is 10.00. The standard InChI is InChI=1S/C32H30N2O5S/c35-25-19-29(34-15-17-37-18-16-34)39-31-21(8-6-9-23(25)31)22-11-12-26(38-20-28(36)33-13-4-1-5-14-33)30-24-7-2-3-10-27(24)40-32(22)30/h2-3,6-12,19H,1,4-5,13-18,20H2. The number of benzene rings is 3. The number of ether oxygens (including phenoxy) is 2. The molecule has 204 valence electrons. The fourth-order valence-corrected chi connectivity index (χ4v) is 7.07. The zero-order valence-electron chi connectivity index (χ0n) is 22.2. The first kappa shape index (κ1) is 25.1. The Kier molecular flexibility index (Phi) is 6.65. The Bertz CT molecular complexity index is 1780. The van der Waals surface area contributed by atoms with Gasteiger partial charge in [-0.15, -0.1) is 11.3 Å². The Morgan fingerprint density at radius 3 is 2.52 bits per heavy atom. The number of amides is 1. The Hall–Kier alpha value is -3.88. The third-order valence-corrected chi connectivity index (χ3v) is 9.11. The predicted molar refractivity (Wildman–Crippen MR) is 160 cm³/mol. The average Bonchev–Trinajstić information content (AvgIpc) is 3.40. The van der Waals surface area contributed by atoms with Gasteiger partial charge in [0.1, 0.15) is 11.3 Å². The van der Waals surface area contributed by atoms with Gasteiger partial charge >= 0.3 is 0 Å². The molecule has 2 saturated heterocycles.